The van der Waals surface area contributed by atoms with Crippen molar-refractivity contribution in [2.75, 3.05) is 23.0 Å². The van der Waals surface area contributed by atoms with Crippen molar-refractivity contribution in [2.45, 2.75) is 19.1 Å². The van der Waals surface area contributed by atoms with Gasteiger partial charge in [-0.3, -0.25) is 9.10 Å². The molecule has 0 aromatic heterocycles. The van der Waals surface area contributed by atoms with Crippen molar-refractivity contribution in [1.29, 1.82) is 0 Å². The maximum Gasteiger partial charge on any atom is 0.416 e. The molecule has 1 amide bonds. The Kier molecular flexibility index (Phi) is 6.23. The highest BCUT2D eigenvalue weighted by Crippen LogP contribution is 2.30. The normalized spacial score (nSPS) is 12.9. The van der Waals surface area contributed by atoms with Crippen LogP contribution in [-0.2, 0) is 21.0 Å². The molecule has 0 aliphatic rings. The van der Waals surface area contributed by atoms with Crippen LogP contribution in [0.25, 0.3) is 0 Å². The van der Waals surface area contributed by atoms with E-state index in [1.807, 2.05) is 0 Å². The molecule has 0 aliphatic carbocycles. The fourth-order valence-electron chi connectivity index (χ4n) is 2.53. The number of carbonyl (C=O) groups is 1. The van der Waals surface area contributed by atoms with Crippen LogP contribution in [0.15, 0.2) is 48.5 Å². The van der Waals surface area contributed by atoms with Gasteiger partial charge in [0.25, 0.3) is 0 Å². The lowest BCUT2D eigenvalue weighted by Gasteiger charge is -2.28. The summed E-state index contributed by atoms with van der Waals surface area (Å²) in [6.45, 7) is 1.38. The monoisotopic (exact) mass is 416 g/mol. The number of carbonyl (C=O) groups excluding carboxylic acids is 1. The summed E-state index contributed by atoms with van der Waals surface area (Å²) in [5.74, 6) is -0.180. The van der Waals surface area contributed by atoms with E-state index in [0.717, 1.165) is 34.8 Å². The van der Waals surface area contributed by atoms with Crippen molar-refractivity contribution >= 4 is 27.3 Å². The Morgan fingerprint density at radius 1 is 1.07 bits per heavy atom. The van der Waals surface area contributed by atoms with Gasteiger partial charge >= 0.3 is 6.18 Å². The van der Waals surface area contributed by atoms with Crippen LogP contribution >= 0.6 is 0 Å². The van der Waals surface area contributed by atoms with Crippen molar-refractivity contribution in [3.8, 4) is 5.75 Å². The van der Waals surface area contributed by atoms with E-state index in [2.05, 4.69) is 5.32 Å². The van der Waals surface area contributed by atoms with E-state index < -0.39 is 33.7 Å². The lowest BCUT2D eigenvalue weighted by molar-refractivity contribution is -0.137. The van der Waals surface area contributed by atoms with Crippen molar-refractivity contribution in [1.82, 2.24) is 0 Å². The number of rotatable bonds is 6. The number of hydrogen-bond acceptors (Lipinski definition) is 4. The lowest BCUT2D eigenvalue weighted by atomic mass is 10.2. The Morgan fingerprint density at radius 3 is 2.04 bits per heavy atom. The number of methoxy groups -OCH3 is 1. The number of nitrogens with one attached hydrogen (secondary N) is 1. The second-order valence-electron chi connectivity index (χ2n) is 6.00. The largest absolute Gasteiger partial charge is 0.497 e. The second-order valence-corrected chi connectivity index (χ2v) is 7.86. The SMILES string of the molecule is COc1ccc(N([C@H](C)C(=O)Nc2ccc(C(F)(F)F)cc2)S(C)(=O)=O)cc1. The maximum absolute atomic E-state index is 12.6. The van der Waals surface area contributed by atoms with E-state index in [1.165, 1.54) is 26.2 Å². The molecule has 0 heterocycles. The first-order valence-corrected chi connectivity index (χ1v) is 9.90. The summed E-state index contributed by atoms with van der Waals surface area (Å²) >= 11 is 0. The third-order valence-corrected chi connectivity index (χ3v) is 5.14. The molecule has 28 heavy (non-hydrogen) atoms. The first-order chi connectivity index (χ1) is 12.9. The van der Waals surface area contributed by atoms with Crippen LogP contribution < -0.4 is 14.4 Å². The molecule has 152 valence electrons. The van der Waals surface area contributed by atoms with Gasteiger partial charge in [-0.1, -0.05) is 0 Å². The molecule has 0 bridgehead atoms. The molecule has 10 heteroatoms. The summed E-state index contributed by atoms with van der Waals surface area (Å²) in [6, 6.07) is 8.80. The Bertz CT molecular complexity index is 927. The Hall–Kier alpha value is -2.75. The zero-order chi connectivity index (χ0) is 21.1. The first kappa shape index (κ1) is 21.5. The van der Waals surface area contributed by atoms with Crippen LogP contribution in [0.1, 0.15) is 12.5 Å². The molecule has 0 radical (unpaired) electrons. The minimum atomic E-state index is -4.49. The van der Waals surface area contributed by atoms with Gasteiger partial charge < -0.3 is 10.1 Å². The molecule has 1 atom stereocenters. The average molecular weight is 416 g/mol. The smallest absolute Gasteiger partial charge is 0.416 e. The van der Waals surface area contributed by atoms with Crippen LogP contribution in [0.4, 0.5) is 24.5 Å². The van der Waals surface area contributed by atoms with Gasteiger partial charge in [0.05, 0.1) is 24.6 Å². The number of benzene rings is 2. The number of hydrogen-bond donors (Lipinski definition) is 1. The van der Waals surface area contributed by atoms with Gasteiger partial charge in [0.15, 0.2) is 0 Å². The molecule has 2 rings (SSSR count). The van der Waals surface area contributed by atoms with E-state index in [4.69, 9.17) is 4.74 Å². The predicted molar refractivity (Wildman–Crippen MR) is 99.9 cm³/mol. The van der Waals surface area contributed by atoms with E-state index in [1.54, 1.807) is 12.1 Å². The van der Waals surface area contributed by atoms with Crippen molar-refractivity contribution < 1.29 is 31.1 Å². The Labute approximate surface area is 161 Å². The van der Waals surface area contributed by atoms with Crippen LogP contribution in [0.5, 0.6) is 5.75 Å². The van der Waals surface area contributed by atoms with Gasteiger partial charge in [-0.05, 0) is 55.5 Å². The average Bonchev–Trinajstić information content (AvgIpc) is 2.61. The topological polar surface area (TPSA) is 75.7 Å². The molecule has 2 aromatic carbocycles. The van der Waals surface area contributed by atoms with Crippen molar-refractivity contribution in [3.05, 3.63) is 54.1 Å². The summed E-state index contributed by atoms with van der Waals surface area (Å²) in [5.41, 5.74) is -0.485. The van der Waals surface area contributed by atoms with Gasteiger partial charge in [0, 0.05) is 5.69 Å². The zero-order valence-corrected chi connectivity index (χ0v) is 16.1. The molecule has 0 fully saturated rings. The fraction of sp³-hybridized carbons (Fsp3) is 0.278. The number of nitrogens with zero attached hydrogens (tertiary/aromatic N) is 1. The summed E-state index contributed by atoms with van der Waals surface area (Å²) < 4.78 is 68.3. The van der Waals surface area contributed by atoms with Crippen molar-refractivity contribution in [3.63, 3.8) is 0 Å². The molecule has 0 saturated heterocycles. The molecule has 0 unspecified atom stereocenters. The molecular formula is C18H19F3N2O4S. The fourth-order valence-corrected chi connectivity index (χ4v) is 3.70. The van der Waals surface area contributed by atoms with Gasteiger partial charge in [0.2, 0.25) is 15.9 Å². The van der Waals surface area contributed by atoms with Gasteiger partial charge in [-0.15, -0.1) is 0 Å². The summed E-state index contributed by atoms with van der Waals surface area (Å²) in [6.07, 6.45) is -3.53. The van der Waals surface area contributed by atoms with Crippen LogP contribution in [0, 0.1) is 0 Å². The van der Waals surface area contributed by atoms with Crippen LogP contribution in [-0.4, -0.2) is 33.7 Å². The van der Waals surface area contributed by atoms with E-state index in [-0.39, 0.29) is 11.4 Å². The second kappa shape index (κ2) is 8.09. The summed E-state index contributed by atoms with van der Waals surface area (Å²) in [5, 5.41) is 2.43. The predicted octanol–water partition coefficient (Wildman–Crippen LogP) is 3.51. The number of halogens is 3. The number of sulfonamides is 1. The molecule has 0 saturated carbocycles. The highest BCUT2D eigenvalue weighted by Gasteiger charge is 2.31. The molecule has 0 spiro atoms. The van der Waals surface area contributed by atoms with Gasteiger partial charge in [-0.25, -0.2) is 8.42 Å². The minimum absolute atomic E-state index is 0.119. The lowest BCUT2D eigenvalue weighted by Crippen LogP contribution is -2.45. The van der Waals surface area contributed by atoms with Crippen molar-refractivity contribution in [2.24, 2.45) is 0 Å². The third-order valence-electron chi connectivity index (χ3n) is 3.90. The first-order valence-electron chi connectivity index (χ1n) is 8.05. The quantitative estimate of drug-likeness (QED) is 0.782. The molecular weight excluding hydrogens is 397 g/mol. The highest BCUT2D eigenvalue weighted by molar-refractivity contribution is 7.92. The van der Waals surface area contributed by atoms with Gasteiger partial charge in [-0.2, -0.15) is 13.2 Å². The zero-order valence-electron chi connectivity index (χ0n) is 15.3. The maximum atomic E-state index is 12.6. The number of amides is 1. The molecule has 6 nitrogen and oxygen atoms in total. The number of ether oxygens (including phenoxy) is 1. The van der Waals surface area contributed by atoms with Crippen LogP contribution in [0.2, 0.25) is 0 Å². The molecule has 1 N–H and O–H groups in total. The van der Waals surface area contributed by atoms with E-state index >= 15 is 0 Å². The van der Waals surface area contributed by atoms with Crippen LogP contribution in [0.3, 0.4) is 0 Å². The molecule has 0 aliphatic heterocycles. The Morgan fingerprint density at radius 2 is 1.61 bits per heavy atom. The standard InChI is InChI=1S/C18H19F3N2O4S/c1-12(17(24)22-14-6-4-13(5-7-14)18(19,20)21)23(28(3,25)26)15-8-10-16(27-2)11-9-15/h4-12H,1-3H3,(H,22,24)/t12-/m1/s1. The Balaban J connectivity index is 2.24. The summed E-state index contributed by atoms with van der Waals surface area (Å²) in [4.78, 5) is 12.5. The minimum Gasteiger partial charge on any atom is -0.497 e. The third kappa shape index (κ3) is 5.16. The van der Waals surface area contributed by atoms with Gasteiger partial charge in [0.1, 0.15) is 11.8 Å². The summed E-state index contributed by atoms with van der Waals surface area (Å²) in [7, 11) is -2.36. The number of anilines is 2. The van der Waals surface area contributed by atoms with E-state index in [0.29, 0.717) is 5.75 Å². The number of alkyl halides is 3. The highest BCUT2D eigenvalue weighted by atomic mass is 32.2. The van der Waals surface area contributed by atoms with E-state index in [9.17, 15) is 26.4 Å². The molecule has 2 aromatic rings.